The minimum absolute atomic E-state index is 0.134. The Balaban J connectivity index is 0.00000282. The summed E-state index contributed by atoms with van der Waals surface area (Å²) in [6.07, 6.45) is -2.72. The van der Waals surface area contributed by atoms with Crippen LogP contribution in [0.15, 0.2) is 30.3 Å². The molecule has 0 aliphatic rings. The quantitative estimate of drug-likeness (QED) is 0.0822. The Morgan fingerprint density at radius 2 is 1.46 bits per heavy atom. The minimum atomic E-state index is -5.08. The Hall–Kier alpha value is -4.61. The van der Waals surface area contributed by atoms with E-state index in [4.69, 9.17) is 25.1 Å². The molecule has 0 bridgehead atoms. The number of methoxy groups -OCH3 is 1. The third-order valence-electron chi connectivity index (χ3n) is 6.78. The Labute approximate surface area is 276 Å². The predicted molar refractivity (Wildman–Crippen MR) is 165 cm³/mol. The molecule has 1 aromatic rings. The number of nitrogens with two attached hydrogens (primary N) is 1. The second-order valence-electron chi connectivity index (χ2n) is 10.5. The summed E-state index contributed by atoms with van der Waals surface area (Å²) in [6, 6.07) is 5.26. The molecule has 0 saturated heterocycles. The lowest BCUT2D eigenvalue weighted by Gasteiger charge is -2.26. The van der Waals surface area contributed by atoms with Crippen molar-refractivity contribution in [1.82, 2.24) is 21.3 Å². The molecule has 1 aromatic carbocycles. The highest BCUT2D eigenvalue weighted by Crippen LogP contribution is 2.13. The van der Waals surface area contributed by atoms with Crippen LogP contribution in [0, 0.1) is 5.92 Å². The molecule has 4 amide bonds. The first-order chi connectivity index (χ1) is 22.6. The van der Waals surface area contributed by atoms with Crippen LogP contribution in [0.2, 0.25) is 0 Å². The van der Waals surface area contributed by atoms with Crippen molar-refractivity contribution < 1.29 is 61.6 Å². The van der Waals surface area contributed by atoms with Gasteiger partial charge in [0.2, 0.25) is 5.91 Å². The minimum Gasteiger partial charge on any atom is -0.480 e. The molecule has 18 heteroatoms. The van der Waals surface area contributed by atoms with Crippen molar-refractivity contribution in [1.29, 1.82) is 0 Å². The van der Waals surface area contributed by atoms with Gasteiger partial charge >= 0.3 is 36.2 Å². The summed E-state index contributed by atoms with van der Waals surface area (Å²) in [7, 11) is 1.22. The number of rotatable bonds is 19. The van der Waals surface area contributed by atoms with Gasteiger partial charge in [-0.1, -0.05) is 50.6 Å². The van der Waals surface area contributed by atoms with Gasteiger partial charge in [0.25, 0.3) is 0 Å². The van der Waals surface area contributed by atoms with Crippen molar-refractivity contribution in [2.75, 3.05) is 20.2 Å². The number of carbonyl (C=O) groups is 6. The number of alkyl carbamates (subject to hydrolysis) is 1. The van der Waals surface area contributed by atoms with Crippen LogP contribution in [0.4, 0.5) is 22.8 Å². The van der Waals surface area contributed by atoms with E-state index in [0.717, 1.165) is 5.56 Å². The van der Waals surface area contributed by atoms with Crippen molar-refractivity contribution >= 4 is 35.9 Å². The molecule has 0 unspecified atom stereocenters. The fraction of sp³-hybridized carbons (Fsp3) is 0.600. The zero-order valence-electron chi connectivity index (χ0n) is 27.1. The highest BCUT2D eigenvalue weighted by molar-refractivity contribution is 5.91. The van der Waals surface area contributed by atoms with Crippen LogP contribution in [0.1, 0.15) is 64.4 Å². The van der Waals surface area contributed by atoms with Crippen molar-refractivity contribution in [3.05, 3.63) is 35.9 Å². The summed E-state index contributed by atoms with van der Waals surface area (Å²) in [6.45, 7) is 4.46. The number of carboxylic acid groups (broad SMARTS) is 2. The van der Waals surface area contributed by atoms with Crippen LogP contribution in [0.3, 0.4) is 0 Å². The molecule has 0 heterocycles. The zero-order chi connectivity index (χ0) is 36.7. The molecule has 4 atom stereocenters. The number of unbranched alkanes of at least 4 members (excludes halogenated alkanes) is 2. The number of halogens is 3. The third-order valence-corrected chi connectivity index (χ3v) is 6.78. The van der Waals surface area contributed by atoms with Crippen LogP contribution < -0.4 is 27.0 Å². The van der Waals surface area contributed by atoms with Gasteiger partial charge in [0, 0.05) is 6.54 Å². The average molecular weight is 694 g/mol. The van der Waals surface area contributed by atoms with E-state index in [1.807, 2.05) is 37.3 Å². The van der Waals surface area contributed by atoms with Crippen LogP contribution in [-0.2, 0) is 35.3 Å². The van der Waals surface area contributed by atoms with E-state index in [2.05, 4.69) is 21.3 Å². The lowest BCUT2D eigenvalue weighted by atomic mass is 9.98. The SMILES string of the molecule is CC[C@H](C)[C@H](NC(=O)[C@@H](CCCCNC(=O)OCc1ccccc1)NC(=O)N[C@@H](CCCCN)C(=O)O)C(=O)OC.O=C(O)C(F)(F)F. The summed E-state index contributed by atoms with van der Waals surface area (Å²) in [4.78, 5) is 70.6. The lowest BCUT2D eigenvalue weighted by Crippen LogP contribution is -2.56. The summed E-state index contributed by atoms with van der Waals surface area (Å²) in [5.74, 6) is -5.41. The van der Waals surface area contributed by atoms with Crippen LogP contribution in [0.25, 0.3) is 0 Å². The second-order valence-corrected chi connectivity index (χ2v) is 10.5. The molecule has 0 aromatic heterocycles. The Morgan fingerprint density at radius 3 is 1.98 bits per heavy atom. The van der Waals surface area contributed by atoms with E-state index in [0.29, 0.717) is 38.6 Å². The fourth-order valence-electron chi connectivity index (χ4n) is 3.87. The lowest BCUT2D eigenvalue weighted by molar-refractivity contribution is -0.192. The Kier molecular flexibility index (Phi) is 21.4. The smallest absolute Gasteiger partial charge is 0.480 e. The Bertz CT molecular complexity index is 1160. The van der Waals surface area contributed by atoms with Crippen molar-refractivity contribution in [2.24, 2.45) is 11.7 Å². The number of ether oxygens (including phenoxy) is 2. The molecule has 8 N–H and O–H groups in total. The summed E-state index contributed by atoms with van der Waals surface area (Å²) >= 11 is 0. The molecule has 0 fully saturated rings. The van der Waals surface area contributed by atoms with Gasteiger partial charge in [-0.3, -0.25) is 4.79 Å². The summed E-state index contributed by atoms with van der Waals surface area (Å²) < 4.78 is 41.7. The maximum absolute atomic E-state index is 13.2. The first-order valence-corrected chi connectivity index (χ1v) is 15.2. The highest BCUT2D eigenvalue weighted by Gasteiger charge is 2.38. The highest BCUT2D eigenvalue weighted by atomic mass is 19.4. The molecule has 272 valence electrons. The van der Waals surface area contributed by atoms with E-state index >= 15 is 0 Å². The molecular formula is C30H46F3N5O10. The van der Waals surface area contributed by atoms with Crippen molar-refractivity contribution in [3.8, 4) is 0 Å². The molecule has 0 radical (unpaired) electrons. The monoisotopic (exact) mass is 693 g/mol. The van der Waals surface area contributed by atoms with E-state index < -0.39 is 60.2 Å². The maximum Gasteiger partial charge on any atom is 0.490 e. The number of aliphatic carboxylic acids is 2. The number of esters is 1. The van der Waals surface area contributed by atoms with Gasteiger partial charge in [-0.05, 0) is 56.6 Å². The molecule has 0 aliphatic heterocycles. The number of alkyl halides is 3. The summed E-state index contributed by atoms with van der Waals surface area (Å²) in [5, 5.41) is 26.8. The number of hydrogen-bond donors (Lipinski definition) is 7. The molecule has 1 rings (SSSR count). The van der Waals surface area contributed by atoms with Gasteiger partial charge in [-0.25, -0.2) is 24.0 Å². The number of hydrogen-bond acceptors (Lipinski definition) is 9. The number of carbonyl (C=O) groups excluding carboxylic acids is 4. The average Bonchev–Trinajstić information content (AvgIpc) is 3.04. The zero-order valence-corrected chi connectivity index (χ0v) is 27.1. The van der Waals surface area contributed by atoms with Crippen LogP contribution >= 0.6 is 0 Å². The van der Waals surface area contributed by atoms with E-state index in [1.165, 1.54) is 7.11 Å². The van der Waals surface area contributed by atoms with Crippen LogP contribution in [-0.4, -0.2) is 90.7 Å². The third kappa shape index (κ3) is 19.1. The molecule has 15 nitrogen and oxygen atoms in total. The van der Waals surface area contributed by atoms with Gasteiger partial charge < -0.3 is 46.7 Å². The number of carboxylic acids is 2. The van der Waals surface area contributed by atoms with Gasteiger partial charge in [-0.2, -0.15) is 13.2 Å². The largest absolute Gasteiger partial charge is 0.490 e. The summed E-state index contributed by atoms with van der Waals surface area (Å²) in [5.41, 5.74) is 6.32. The number of benzene rings is 1. The van der Waals surface area contributed by atoms with E-state index in [1.54, 1.807) is 6.92 Å². The van der Waals surface area contributed by atoms with E-state index in [9.17, 15) is 42.3 Å². The maximum atomic E-state index is 13.2. The number of nitrogens with one attached hydrogen (secondary N) is 4. The van der Waals surface area contributed by atoms with Gasteiger partial charge in [0.15, 0.2) is 0 Å². The standard InChI is InChI=1S/C28H45N5O8.C2HF3O2/c1-4-19(2)23(26(37)40-3)33-24(34)21(31-27(38)32-22(25(35)36)15-8-10-16-29)14-9-11-17-30-28(39)41-18-20-12-6-5-7-13-20;3-2(4,5)1(6)7/h5-7,12-13,19,21-23H,4,8-11,14-18,29H2,1-3H3,(H,30,39)(H,33,34)(H,35,36)(H2,31,32,38);(H,6,7)/t19-,21+,22-,23-;/m0./s1. The van der Waals surface area contributed by atoms with Crippen molar-refractivity contribution in [2.45, 2.75) is 89.7 Å². The molecule has 0 aliphatic carbocycles. The topological polar surface area (TPSA) is 235 Å². The van der Waals surface area contributed by atoms with E-state index in [-0.39, 0.29) is 31.9 Å². The Morgan fingerprint density at radius 1 is 0.896 bits per heavy atom. The number of urea groups is 1. The fourth-order valence-corrected chi connectivity index (χ4v) is 3.87. The molecule has 0 spiro atoms. The predicted octanol–water partition coefficient (Wildman–Crippen LogP) is 2.67. The van der Waals surface area contributed by atoms with Gasteiger partial charge in [0.05, 0.1) is 7.11 Å². The van der Waals surface area contributed by atoms with Crippen molar-refractivity contribution in [3.63, 3.8) is 0 Å². The first kappa shape index (κ1) is 43.4. The second kappa shape index (κ2) is 23.7. The first-order valence-electron chi connectivity index (χ1n) is 15.2. The normalized spacial score (nSPS) is 13.2. The van der Waals surface area contributed by atoms with Gasteiger partial charge in [-0.15, -0.1) is 0 Å². The molecule has 48 heavy (non-hydrogen) atoms. The molecular weight excluding hydrogens is 647 g/mol. The van der Waals surface area contributed by atoms with Crippen LogP contribution in [0.5, 0.6) is 0 Å². The van der Waals surface area contributed by atoms with Gasteiger partial charge in [0.1, 0.15) is 24.7 Å². The molecule has 0 saturated carbocycles. The number of amides is 4.